The molecule has 4 nitrogen and oxygen atoms in total. The number of H-pyrrole nitrogens is 1. The molecule has 1 unspecified atom stereocenters. The maximum absolute atomic E-state index is 14.5. The molecule has 27 heavy (non-hydrogen) atoms. The van der Waals surface area contributed by atoms with E-state index in [-0.39, 0.29) is 24.3 Å². The third-order valence-corrected chi connectivity index (χ3v) is 5.59. The summed E-state index contributed by atoms with van der Waals surface area (Å²) in [6.07, 6.45) is 2.77. The fraction of sp³-hybridized carbons (Fsp3) is 0.263. The second kappa shape index (κ2) is 8.61. The van der Waals surface area contributed by atoms with Crippen molar-refractivity contribution < 1.29 is 9.50 Å². The predicted molar refractivity (Wildman–Crippen MR) is 106 cm³/mol. The first-order valence-electron chi connectivity index (χ1n) is 8.32. The molecular weight excluding hydrogens is 408 g/mol. The van der Waals surface area contributed by atoms with Gasteiger partial charge in [-0.25, -0.2) is 4.39 Å². The number of aliphatic hydroxyl groups is 1. The Balaban J connectivity index is 2.10. The minimum Gasteiger partial charge on any atom is -0.390 e. The van der Waals surface area contributed by atoms with E-state index in [1.54, 1.807) is 30.5 Å². The van der Waals surface area contributed by atoms with Gasteiger partial charge in [-0.1, -0.05) is 48.8 Å². The minimum atomic E-state index is -0.386. The molecule has 2 N–H and O–H groups in total. The number of aliphatic hydroxyl groups excluding tert-OH is 1. The van der Waals surface area contributed by atoms with Crippen LogP contribution in [-0.4, -0.2) is 20.3 Å². The number of rotatable bonds is 6. The topological polar surface area (TPSA) is 61.8 Å². The first kappa shape index (κ1) is 20.1. The molecule has 0 amide bonds. The molecule has 0 aliphatic rings. The van der Waals surface area contributed by atoms with Gasteiger partial charge in [-0.2, -0.15) is 5.10 Å². The molecule has 0 fully saturated rings. The van der Waals surface area contributed by atoms with Crippen LogP contribution in [0.5, 0.6) is 0 Å². The van der Waals surface area contributed by atoms with E-state index < -0.39 is 0 Å². The average molecular weight is 426 g/mol. The summed E-state index contributed by atoms with van der Waals surface area (Å²) in [7, 11) is 0. The minimum absolute atomic E-state index is 0.0621. The monoisotopic (exact) mass is 425 g/mol. The summed E-state index contributed by atoms with van der Waals surface area (Å²) in [6.45, 7) is 3.76. The molecule has 0 aliphatic carbocycles. The van der Waals surface area contributed by atoms with Crippen molar-refractivity contribution in [2.75, 3.05) is 0 Å². The zero-order chi connectivity index (χ0) is 19.6. The van der Waals surface area contributed by atoms with Crippen LogP contribution in [0.3, 0.4) is 0 Å². The molecule has 2 heterocycles. The molecule has 1 aromatic carbocycles. The predicted octanol–water partition coefficient (Wildman–Crippen LogP) is 5.68. The second-order valence-electron chi connectivity index (χ2n) is 6.40. The largest absolute Gasteiger partial charge is 0.390 e. The lowest BCUT2D eigenvalue weighted by Gasteiger charge is -2.23. The van der Waals surface area contributed by atoms with Crippen LogP contribution in [-0.2, 0) is 6.61 Å². The molecule has 0 saturated heterocycles. The van der Waals surface area contributed by atoms with Crippen molar-refractivity contribution >= 4 is 35.0 Å². The summed E-state index contributed by atoms with van der Waals surface area (Å²) in [5, 5.41) is 18.8. The number of hydrogen-bond acceptors (Lipinski definition) is 4. The molecule has 3 aromatic rings. The van der Waals surface area contributed by atoms with E-state index in [0.717, 1.165) is 10.5 Å². The van der Waals surface area contributed by atoms with Crippen molar-refractivity contribution in [2.24, 2.45) is 5.92 Å². The lowest BCUT2D eigenvalue weighted by atomic mass is 9.83. The molecule has 8 heteroatoms. The lowest BCUT2D eigenvalue weighted by Crippen LogP contribution is -2.13. The SMILES string of the molecule is CC(C)C(c1ccncc1F)c1c(CO)n[nH]c1Sc1cc(Cl)cc(Cl)c1. The van der Waals surface area contributed by atoms with Gasteiger partial charge in [0, 0.05) is 32.6 Å². The Morgan fingerprint density at radius 1 is 1.22 bits per heavy atom. The molecule has 0 aliphatic heterocycles. The van der Waals surface area contributed by atoms with Crippen LogP contribution in [0.4, 0.5) is 4.39 Å². The molecule has 0 bridgehead atoms. The number of nitrogens with zero attached hydrogens (tertiary/aromatic N) is 2. The first-order chi connectivity index (χ1) is 12.9. The number of hydrogen-bond donors (Lipinski definition) is 2. The summed E-state index contributed by atoms with van der Waals surface area (Å²) < 4.78 is 14.5. The number of halogens is 3. The van der Waals surface area contributed by atoms with E-state index in [9.17, 15) is 9.50 Å². The van der Waals surface area contributed by atoms with E-state index in [2.05, 4.69) is 15.2 Å². The average Bonchev–Trinajstić information content (AvgIpc) is 2.98. The van der Waals surface area contributed by atoms with Gasteiger partial charge in [0.1, 0.15) is 5.82 Å². The standard InChI is InChI=1S/C19H18Cl2FN3OS/c1-10(2)17(14-3-4-23-8-15(14)22)18-16(9-26)24-25-19(18)27-13-6-11(20)5-12(21)7-13/h3-8,10,17,26H,9H2,1-2H3,(H,24,25). The molecule has 1 atom stereocenters. The Hall–Kier alpha value is -1.60. The Bertz CT molecular complexity index is 928. The summed E-state index contributed by atoms with van der Waals surface area (Å²) in [4.78, 5) is 4.66. The molecule has 0 saturated carbocycles. The van der Waals surface area contributed by atoms with Crippen molar-refractivity contribution in [1.82, 2.24) is 15.2 Å². The van der Waals surface area contributed by atoms with Crippen LogP contribution < -0.4 is 0 Å². The van der Waals surface area contributed by atoms with Gasteiger partial charge in [-0.05, 0) is 35.7 Å². The van der Waals surface area contributed by atoms with Crippen LogP contribution in [0.25, 0.3) is 0 Å². The third kappa shape index (κ3) is 4.46. The number of aromatic nitrogens is 3. The first-order valence-corrected chi connectivity index (χ1v) is 9.89. The Morgan fingerprint density at radius 2 is 1.93 bits per heavy atom. The highest BCUT2D eigenvalue weighted by molar-refractivity contribution is 7.99. The quantitative estimate of drug-likeness (QED) is 0.532. The maximum Gasteiger partial charge on any atom is 0.145 e. The van der Waals surface area contributed by atoms with Crippen LogP contribution in [0, 0.1) is 11.7 Å². The van der Waals surface area contributed by atoms with Crippen molar-refractivity contribution in [3.8, 4) is 0 Å². The lowest BCUT2D eigenvalue weighted by molar-refractivity contribution is 0.274. The van der Waals surface area contributed by atoms with Gasteiger partial charge in [0.15, 0.2) is 0 Å². The van der Waals surface area contributed by atoms with Gasteiger partial charge >= 0.3 is 0 Å². The van der Waals surface area contributed by atoms with E-state index >= 15 is 0 Å². The van der Waals surface area contributed by atoms with Crippen molar-refractivity contribution in [1.29, 1.82) is 0 Å². The van der Waals surface area contributed by atoms with E-state index in [1.807, 2.05) is 13.8 Å². The number of pyridine rings is 1. The van der Waals surface area contributed by atoms with E-state index in [0.29, 0.717) is 26.3 Å². The second-order valence-corrected chi connectivity index (χ2v) is 8.35. The summed E-state index contributed by atoms with van der Waals surface area (Å²) in [5.41, 5.74) is 1.77. The van der Waals surface area contributed by atoms with Crippen LogP contribution in [0.2, 0.25) is 10.0 Å². The summed E-state index contributed by atoms with van der Waals surface area (Å²) >= 11 is 13.6. The van der Waals surface area contributed by atoms with Crippen molar-refractivity contribution in [2.45, 2.75) is 36.3 Å². The zero-order valence-corrected chi connectivity index (χ0v) is 17.0. The van der Waals surface area contributed by atoms with Gasteiger partial charge in [0.05, 0.1) is 23.5 Å². The Labute approximate surface area is 171 Å². The van der Waals surface area contributed by atoms with E-state index in [1.165, 1.54) is 18.0 Å². The smallest absolute Gasteiger partial charge is 0.145 e. The van der Waals surface area contributed by atoms with Crippen LogP contribution in [0.1, 0.15) is 36.6 Å². The summed E-state index contributed by atoms with van der Waals surface area (Å²) in [6, 6.07) is 6.90. The van der Waals surface area contributed by atoms with Crippen molar-refractivity contribution in [3.63, 3.8) is 0 Å². The number of nitrogens with one attached hydrogen (secondary N) is 1. The molecule has 2 aromatic heterocycles. The number of aromatic amines is 1. The van der Waals surface area contributed by atoms with Gasteiger partial charge < -0.3 is 5.11 Å². The molecular formula is C19H18Cl2FN3OS. The van der Waals surface area contributed by atoms with Crippen LogP contribution in [0.15, 0.2) is 46.6 Å². The van der Waals surface area contributed by atoms with Gasteiger partial charge in [-0.3, -0.25) is 10.1 Å². The number of benzene rings is 1. The molecule has 3 rings (SSSR count). The third-order valence-electron chi connectivity index (χ3n) is 4.17. The fourth-order valence-electron chi connectivity index (χ4n) is 3.08. The van der Waals surface area contributed by atoms with Gasteiger partial charge in [0.2, 0.25) is 0 Å². The van der Waals surface area contributed by atoms with Crippen LogP contribution >= 0.6 is 35.0 Å². The highest BCUT2D eigenvalue weighted by atomic mass is 35.5. The molecule has 0 spiro atoms. The van der Waals surface area contributed by atoms with Crippen molar-refractivity contribution in [3.05, 3.63) is 69.3 Å². The summed E-state index contributed by atoms with van der Waals surface area (Å²) in [5.74, 6) is -0.624. The maximum atomic E-state index is 14.5. The van der Waals surface area contributed by atoms with Gasteiger partial charge in [-0.15, -0.1) is 0 Å². The highest BCUT2D eigenvalue weighted by Crippen LogP contribution is 2.42. The van der Waals surface area contributed by atoms with Gasteiger partial charge in [0.25, 0.3) is 0 Å². The Kier molecular flexibility index (Phi) is 6.42. The molecule has 142 valence electrons. The Morgan fingerprint density at radius 3 is 2.52 bits per heavy atom. The zero-order valence-electron chi connectivity index (χ0n) is 14.7. The fourth-order valence-corrected chi connectivity index (χ4v) is 4.79. The highest BCUT2D eigenvalue weighted by Gasteiger charge is 2.29. The molecule has 0 radical (unpaired) electrons. The normalized spacial score (nSPS) is 12.6. The van der Waals surface area contributed by atoms with E-state index in [4.69, 9.17) is 23.2 Å².